The number of rotatable bonds is 5. The van der Waals surface area contributed by atoms with E-state index >= 15 is 0 Å². The number of nitrogen functional groups attached to an aromatic ring is 1. The first kappa shape index (κ1) is 17.2. The van der Waals surface area contributed by atoms with Gasteiger partial charge < -0.3 is 24.8 Å². The van der Waals surface area contributed by atoms with Crippen molar-refractivity contribution >= 4 is 24.7 Å². The standard InChI is InChI=1S/C13H17N8O4P/c14-13-17-10(6-1-2-6)11-12(18-13)21(5-16-11)4-8-7(19-20-15)3-9(25-8)26(22,23)24/h5-9H,1-4H2,(H2,14,17,18)(H2,22,23,24)/t7-,8-,9+/m1/s1. The molecule has 0 spiro atoms. The average Bonchev–Trinajstić information content (AvgIpc) is 3.22. The van der Waals surface area contributed by atoms with Crippen molar-refractivity contribution in [3.8, 4) is 0 Å². The first-order chi connectivity index (χ1) is 12.4. The Morgan fingerprint density at radius 2 is 2.23 bits per heavy atom. The predicted octanol–water partition coefficient (Wildman–Crippen LogP) is 1.26. The minimum absolute atomic E-state index is 0.0456. The molecule has 1 saturated heterocycles. The van der Waals surface area contributed by atoms with Crippen LogP contribution < -0.4 is 5.73 Å². The molecule has 4 N–H and O–H groups in total. The van der Waals surface area contributed by atoms with E-state index in [1.807, 2.05) is 0 Å². The number of ether oxygens (including phenoxy) is 1. The Morgan fingerprint density at radius 3 is 2.88 bits per heavy atom. The molecule has 4 rings (SSSR count). The zero-order chi connectivity index (χ0) is 18.5. The summed E-state index contributed by atoms with van der Waals surface area (Å²) in [7, 11) is -4.45. The molecule has 3 heterocycles. The zero-order valence-electron chi connectivity index (χ0n) is 13.6. The van der Waals surface area contributed by atoms with E-state index in [0.29, 0.717) is 17.1 Å². The van der Waals surface area contributed by atoms with E-state index in [4.69, 9.17) is 16.0 Å². The normalized spacial score (nSPS) is 26.2. The van der Waals surface area contributed by atoms with Gasteiger partial charge in [0.05, 0.1) is 30.7 Å². The molecular formula is C13H17N8O4P. The van der Waals surface area contributed by atoms with E-state index in [-0.39, 0.29) is 18.9 Å². The molecule has 138 valence electrons. The second-order valence-corrected chi connectivity index (χ2v) is 8.29. The van der Waals surface area contributed by atoms with Crippen molar-refractivity contribution in [3.05, 3.63) is 22.5 Å². The van der Waals surface area contributed by atoms with Crippen molar-refractivity contribution in [2.45, 2.75) is 49.7 Å². The van der Waals surface area contributed by atoms with Gasteiger partial charge in [0.15, 0.2) is 11.5 Å². The number of anilines is 1. The molecule has 2 aliphatic rings. The van der Waals surface area contributed by atoms with Crippen LogP contribution in [0.2, 0.25) is 0 Å². The molecule has 13 heteroatoms. The van der Waals surface area contributed by atoms with Crippen LogP contribution >= 0.6 is 7.60 Å². The SMILES string of the molecule is [N-]=[N+]=N[C@@H]1C[C@H](P(=O)(O)O)O[C@@H]1Cn1cnc2c(C3CC3)nc(N)nc21. The fraction of sp³-hybridized carbons (Fsp3) is 0.615. The first-order valence-corrected chi connectivity index (χ1v) is 9.78. The lowest BCUT2D eigenvalue weighted by molar-refractivity contribution is 0.0576. The first-order valence-electron chi connectivity index (χ1n) is 8.10. The Morgan fingerprint density at radius 1 is 1.46 bits per heavy atom. The molecule has 2 aromatic rings. The van der Waals surface area contributed by atoms with Crippen LogP contribution in [0.1, 0.15) is 30.9 Å². The largest absolute Gasteiger partial charge is 0.368 e. The van der Waals surface area contributed by atoms with Crippen LogP contribution in [-0.2, 0) is 15.8 Å². The third-order valence-electron chi connectivity index (χ3n) is 4.63. The second-order valence-electron chi connectivity index (χ2n) is 6.54. The van der Waals surface area contributed by atoms with Crippen LogP contribution in [0.4, 0.5) is 5.95 Å². The molecule has 26 heavy (non-hydrogen) atoms. The van der Waals surface area contributed by atoms with E-state index in [1.54, 1.807) is 10.9 Å². The monoisotopic (exact) mass is 380 g/mol. The Kier molecular flexibility index (Phi) is 4.09. The van der Waals surface area contributed by atoms with Crippen molar-refractivity contribution in [2.24, 2.45) is 5.11 Å². The van der Waals surface area contributed by atoms with E-state index in [0.717, 1.165) is 18.5 Å². The number of hydrogen-bond donors (Lipinski definition) is 3. The number of azide groups is 1. The maximum atomic E-state index is 11.5. The lowest BCUT2D eigenvalue weighted by Crippen LogP contribution is -2.25. The molecule has 2 aromatic heterocycles. The van der Waals surface area contributed by atoms with Gasteiger partial charge in [0.1, 0.15) is 5.52 Å². The van der Waals surface area contributed by atoms with Crippen LogP contribution in [0.5, 0.6) is 0 Å². The van der Waals surface area contributed by atoms with E-state index in [9.17, 15) is 14.4 Å². The molecule has 0 unspecified atom stereocenters. The quantitative estimate of drug-likeness (QED) is 0.299. The molecule has 0 aromatic carbocycles. The van der Waals surface area contributed by atoms with E-state index in [1.165, 1.54) is 0 Å². The van der Waals surface area contributed by atoms with Crippen LogP contribution in [0.3, 0.4) is 0 Å². The van der Waals surface area contributed by atoms with Gasteiger partial charge in [-0.2, -0.15) is 4.98 Å². The number of aromatic nitrogens is 4. The van der Waals surface area contributed by atoms with Crippen LogP contribution in [0.15, 0.2) is 11.4 Å². The minimum atomic E-state index is -4.45. The summed E-state index contributed by atoms with van der Waals surface area (Å²) in [6.07, 6.45) is 2.88. The summed E-state index contributed by atoms with van der Waals surface area (Å²) in [5.74, 6) is -0.809. The smallest absolute Gasteiger partial charge is 0.354 e. The van der Waals surface area contributed by atoms with Gasteiger partial charge in [0.2, 0.25) is 5.95 Å². The minimum Gasteiger partial charge on any atom is -0.368 e. The number of fused-ring (bicyclic) bond motifs is 1. The predicted molar refractivity (Wildman–Crippen MR) is 90.0 cm³/mol. The molecule has 0 radical (unpaired) electrons. The molecule has 12 nitrogen and oxygen atoms in total. The summed E-state index contributed by atoms with van der Waals surface area (Å²) in [5, 5.41) is 3.62. The van der Waals surface area contributed by atoms with Gasteiger partial charge >= 0.3 is 7.60 Å². The van der Waals surface area contributed by atoms with Gasteiger partial charge in [-0.05, 0) is 24.8 Å². The van der Waals surface area contributed by atoms with Crippen molar-refractivity contribution < 1.29 is 19.1 Å². The average molecular weight is 380 g/mol. The topological polar surface area (TPSA) is 185 Å². The van der Waals surface area contributed by atoms with Gasteiger partial charge in [-0.25, -0.2) is 9.97 Å². The fourth-order valence-corrected chi connectivity index (χ4v) is 4.03. The number of hydrogen-bond acceptors (Lipinski definition) is 7. The molecular weight excluding hydrogens is 363 g/mol. The van der Waals surface area contributed by atoms with Crippen LogP contribution in [-0.4, -0.2) is 47.3 Å². The summed E-state index contributed by atoms with van der Waals surface area (Å²) in [5.41, 5.74) is 16.5. The highest BCUT2D eigenvalue weighted by atomic mass is 31.2. The highest BCUT2D eigenvalue weighted by Crippen LogP contribution is 2.49. The summed E-state index contributed by atoms with van der Waals surface area (Å²) in [6, 6.07) is -0.697. The van der Waals surface area contributed by atoms with Crippen molar-refractivity contribution in [1.82, 2.24) is 19.5 Å². The van der Waals surface area contributed by atoms with E-state index in [2.05, 4.69) is 25.0 Å². The molecule has 1 saturated carbocycles. The van der Waals surface area contributed by atoms with Crippen LogP contribution in [0.25, 0.3) is 21.6 Å². The third kappa shape index (κ3) is 3.13. The molecule has 1 aliphatic carbocycles. The zero-order valence-corrected chi connectivity index (χ0v) is 14.5. The molecule has 0 amide bonds. The Bertz CT molecular complexity index is 947. The summed E-state index contributed by atoms with van der Waals surface area (Å²) in [6.45, 7) is 0.178. The van der Waals surface area contributed by atoms with E-state index < -0.39 is 25.6 Å². The summed E-state index contributed by atoms with van der Waals surface area (Å²) < 4.78 is 18.7. The fourth-order valence-electron chi connectivity index (χ4n) is 3.23. The number of imidazole rings is 1. The second kappa shape index (κ2) is 6.19. The van der Waals surface area contributed by atoms with Gasteiger partial charge in [0.25, 0.3) is 0 Å². The lowest BCUT2D eigenvalue weighted by atomic mass is 10.1. The van der Waals surface area contributed by atoms with Crippen LogP contribution in [0, 0.1) is 0 Å². The van der Waals surface area contributed by atoms with Gasteiger partial charge in [-0.1, -0.05) is 5.11 Å². The Balaban J connectivity index is 1.66. The Hall–Kier alpha value is -2.23. The van der Waals surface area contributed by atoms with Gasteiger partial charge in [-0.3, -0.25) is 4.57 Å². The lowest BCUT2D eigenvalue weighted by Gasteiger charge is -2.16. The number of nitrogens with zero attached hydrogens (tertiary/aromatic N) is 7. The molecule has 3 atom stereocenters. The van der Waals surface area contributed by atoms with Crippen molar-refractivity contribution in [1.29, 1.82) is 0 Å². The maximum Gasteiger partial charge on any atom is 0.354 e. The Labute approximate surface area is 147 Å². The highest BCUT2D eigenvalue weighted by molar-refractivity contribution is 7.52. The van der Waals surface area contributed by atoms with Gasteiger partial charge in [-0.15, -0.1) is 0 Å². The number of nitrogens with two attached hydrogens (primary N) is 1. The summed E-state index contributed by atoms with van der Waals surface area (Å²) in [4.78, 5) is 34.4. The molecule has 1 aliphatic heterocycles. The highest BCUT2D eigenvalue weighted by Gasteiger charge is 2.43. The maximum absolute atomic E-state index is 11.5. The third-order valence-corrected chi connectivity index (χ3v) is 5.71. The summed E-state index contributed by atoms with van der Waals surface area (Å²) >= 11 is 0. The van der Waals surface area contributed by atoms with Crippen molar-refractivity contribution in [3.63, 3.8) is 0 Å². The van der Waals surface area contributed by atoms with Gasteiger partial charge in [0, 0.05) is 10.8 Å². The molecule has 2 fully saturated rings. The van der Waals surface area contributed by atoms with Crippen molar-refractivity contribution in [2.75, 3.05) is 5.73 Å². The molecule has 0 bridgehead atoms.